The van der Waals surface area contributed by atoms with Crippen LogP contribution in [0.5, 0.6) is 0 Å². The Kier molecular flexibility index (Phi) is 4.45. The fourth-order valence-corrected chi connectivity index (χ4v) is 2.34. The number of hydrazone groups is 1. The van der Waals surface area contributed by atoms with Crippen LogP contribution in [-0.4, -0.2) is 16.5 Å². The number of para-hydroxylation sites is 1. The van der Waals surface area contributed by atoms with Crippen molar-refractivity contribution in [2.45, 2.75) is 32.6 Å². The van der Waals surface area contributed by atoms with Crippen molar-refractivity contribution in [1.82, 2.24) is 5.43 Å². The van der Waals surface area contributed by atoms with E-state index in [2.05, 4.69) is 17.5 Å². The van der Waals surface area contributed by atoms with E-state index < -0.39 is 10.8 Å². The summed E-state index contributed by atoms with van der Waals surface area (Å²) in [7, 11) is 0. The molecule has 0 aliphatic heterocycles. The van der Waals surface area contributed by atoms with Gasteiger partial charge in [-0.05, 0) is 31.2 Å². The first-order chi connectivity index (χ1) is 9.59. The molecule has 1 aromatic carbocycles. The highest BCUT2D eigenvalue weighted by atomic mass is 16.6. The lowest BCUT2D eigenvalue weighted by atomic mass is 9.89. The van der Waals surface area contributed by atoms with Crippen molar-refractivity contribution >= 4 is 17.3 Å². The molecule has 1 atom stereocenters. The van der Waals surface area contributed by atoms with E-state index in [1.807, 2.05) is 0 Å². The first kappa shape index (κ1) is 14.2. The van der Waals surface area contributed by atoms with Crippen molar-refractivity contribution in [3.8, 4) is 0 Å². The summed E-state index contributed by atoms with van der Waals surface area (Å²) < 4.78 is 0. The molecule has 6 nitrogen and oxygen atoms in total. The van der Waals surface area contributed by atoms with E-state index in [0.29, 0.717) is 5.92 Å². The van der Waals surface area contributed by atoms with E-state index in [9.17, 15) is 14.9 Å². The van der Waals surface area contributed by atoms with Gasteiger partial charge in [0, 0.05) is 11.8 Å². The molecule has 0 bridgehead atoms. The molecule has 1 aromatic rings. The van der Waals surface area contributed by atoms with Crippen molar-refractivity contribution in [2.24, 2.45) is 11.0 Å². The molecule has 1 aliphatic rings. The molecule has 0 radical (unpaired) electrons. The molecule has 2 rings (SSSR count). The first-order valence-electron chi connectivity index (χ1n) is 6.70. The van der Waals surface area contributed by atoms with Crippen LogP contribution < -0.4 is 5.43 Å². The minimum atomic E-state index is -0.564. The zero-order valence-corrected chi connectivity index (χ0v) is 11.3. The molecule has 1 saturated carbocycles. The molecule has 0 heterocycles. The van der Waals surface area contributed by atoms with Gasteiger partial charge in [-0.25, -0.2) is 5.43 Å². The predicted octanol–water partition coefficient (Wildman–Crippen LogP) is 2.89. The van der Waals surface area contributed by atoms with E-state index in [1.54, 1.807) is 6.07 Å². The van der Waals surface area contributed by atoms with Gasteiger partial charge in [0.1, 0.15) is 5.56 Å². The van der Waals surface area contributed by atoms with Crippen molar-refractivity contribution in [3.63, 3.8) is 0 Å². The summed E-state index contributed by atoms with van der Waals surface area (Å²) in [6.45, 7) is 2.08. The average molecular weight is 275 g/mol. The average Bonchev–Trinajstić information content (AvgIpc) is 2.46. The highest BCUT2D eigenvalue weighted by Gasteiger charge is 2.20. The number of nitro benzene ring substituents is 1. The second-order valence-electron chi connectivity index (χ2n) is 4.97. The molecule has 0 aromatic heterocycles. The number of nitrogens with zero attached hydrogens (tertiary/aromatic N) is 2. The Bertz CT molecular complexity index is 554. The number of carbonyl (C=O) groups excluding carboxylic acids is 1. The Labute approximate surface area is 117 Å². The third-order valence-electron chi connectivity index (χ3n) is 3.54. The van der Waals surface area contributed by atoms with Gasteiger partial charge in [-0.1, -0.05) is 25.5 Å². The number of benzene rings is 1. The molecule has 1 amide bonds. The number of rotatable bonds is 3. The Hall–Kier alpha value is -2.24. The van der Waals surface area contributed by atoms with Crippen LogP contribution in [0.4, 0.5) is 5.69 Å². The lowest BCUT2D eigenvalue weighted by Gasteiger charge is -2.19. The minimum Gasteiger partial charge on any atom is -0.267 e. The smallest absolute Gasteiger partial charge is 0.267 e. The van der Waals surface area contributed by atoms with Gasteiger partial charge >= 0.3 is 0 Å². The Balaban J connectivity index is 2.13. The van der Waals surface area contributed by atoms with Gasteiger partial charge in [-0.15, -0.1) is 0 Å². The van der Waals surface area contributed by atoms with Gasteiger partial charge in [-0.3, -0.25) is 14.9 Å². The van der Waals surface area contributed by atoms with Gasteiger partial charge in [0.15, 0.2) is 0 Å². The van der Waals surface area contributed by atoms with Crippen LogP contribution in [0.2, 0.25) is 0 Å². The number of hydrogen-bond donors (Lipinski definition) is 1. The van der Waals surface area contributed by atoms with Crippen LogP contribution >= 0.6 is 0 Å². The Morgan fingerprint density at radius 2 is 2.15 bits per heavy atom. The summed E-state index contributed by atoms with van der Waals surface area (Å²) in [6, 6.07) is 5.87. The first-order valence-corrected chi connectivity index (χ1v) is 6.70. The summed E-state index contributed by atoms with van der Waals surface area (Å²) in [5, 5.41) is 15.0. The maximum absolute atomic E-state index is 12.0. The van der Waals surface area contributed by atoms with Crippen molar-refractivity contribution in [3.05, 3.63) is 39.9 Å². The zero-order chi connectivity index (χ0) is 14.5. The Morgan fingerprint density at radius 3 is 2.85 bits per heavy atom. The largest absolute Gasteiger partial charge is 0.282 e. The number of nitrogens with one attached hydrogen (secondary N) is 1. The van der Waals surface area contributed by atoms with Crippen LogP contribution in [-0.2, 0) is 0 Å². The number of carbonyl (C=O) groups is 1. The van der Waals surface area contributed by atoms with Gasteiger partial charge in [0.2, 0.25) is 0 Å². The van der Waals surface area contributed by atoms with Gasteiger partial charge < -0.3 is 0 Å². The van der Waals surface area contributed by atoms with E-state index in [4.69, 9.17) is 0 Å². The van der Waals surface area contributed by atoms with Crippen molar-refractivity contribution in [1.29, 1.82) is 0 Å². The third-order valence-corrected chi connectivity index (χ3v) is 3.54. The van der Waals surface area contributed by atoms with Gasteiger partial charge in [-0.2, -0.15) is 5.10 Å². The summed E-state index contributed by atoms with van der Waals surface area (Å²) in [4.78, 5) is 22.3. The van der Waals surface area contributed by atoms with Crippen molar-refractivity contribution in [2.75, 3.05) is 0 Å². The highest BCUT2D eigenvalue weighted by Crippen LogP contribution is 2.21. The summed E-state index contributed by atoms with van der Waals surface area (Å²) in [5.41, 5.74) is 3.23. The highest BCUT2D eigenvalue weighted by molar-refractivity contribution is 5.99. The van der Waals surface area contributed by atoms with Crippen LogP contribution in [0, 0.1) is 16.0 Å². The maximum Gasteiger partial charge on any atom is 0.282 e. The van der Waals surface area contributed by atoms with Gasteiger partial charge in [0.25, 0.3) is 11.6 Å². The summed E-state index contributed by atoms with van der Waals surface area (Å²) >= 11 is 0. The fraction of sp³-hybridized carbons (Fsp3) is 0.429. The second kappa shape index (κ2) is 6.27. The van der Waals surface area contributed by atoms with E-state index >= 15 is 0 Å². The molecule has 1 aliphatic carbocycles. The summed E-state index contributed by atoms with van der Waals surface area (Å²) in [5.74, 6) is -0.183. The van der Waals surface area contributed by atoms with E-state index in [1.165, 1.54) is 24.6 Å². The van der Waals surface area contributed by atoms with Crippen LogP contribution in [0.1, 0.15) is 43.0 Å². The second-order valence-corrected chi connectivity index (χ2v) is 4.97. The normalized spacial score (nSPS) is 20.6. The topological polar surface area (TPSA) is 84.6 Å². The minimum absolute atomic E-state index is 0.0327. The lowest BCUT2D eigenvalue weighted by Crippen LogP contribution is -2.24. The molecule has 0 unspecified atom stereocenters. The van der Waals surface area contributed by atoms with Gasteiger partial charge in [0.05, 0.1) is 4.92 Å². The van der Waals surface area contributed by atoms with Crippen molar-refractivity contribution < 1.29 is 9.72 Å². The molecular formula is C14H17N3O3. The fourth-order valence-electron chi connectivity index (χ4n) is 2.34. The molecular weight excluding hydrogens is 258 g/mol. The number of nitro groups is 1. The lowest BCUT2D eigenvalue weighted by molar-refractivity contribution is -0.385. The summed E-state index contributed by atoms with van der Waals surface area (Å²) in [6.07, 6.45) is 4.20. The SMILES string of the molecule is C[C@H]1CCCC/C1=N/NC(=O)c1ccccc1[N+](=O)[O-]. The molecule has 6 heteroatoms. The van der Waals surface area contributed by atoms with Crippen LogP contribution in [0.25, 0.3) is 0 Å². The predicted molar refractivity (Wildman–Crippen MR) is 75.6 cm³/mol. The molecule has 106 valence electrons. The molecule has 0 saturated heterocycles. The van der Waals surface area contributed by atoms with E-state index in [-0.39, 0.29) is 11.3 Å². The number of hydrogen-bond acceptors (Lipinski definition) is 4. The molecule has 1 fully saturated rings. The van der Waals surface area contributed by atoms with E-state index in [0.717, 1.165) is 25.0 Å². The zero-order valence-electron chi connectivity index (χ0n) is 11.3. The number of amides is 1. The Morgan fingerprint density at radius 1 is 1.40 bits per heavy atom. The third kappa shape index (κ3) is 3.20. The standard InChI is InChI=1S/C14H17N3O3/c1-10-6-2-4-8-12(10)15-16-14(18)11-7-3-5-9-13(11)17(19)20/h3,5,7,9-10H,2,4,6,8H2,1H3,(H,16,18)/b15-12-/t10-/m0/s1. The monoisotopic (exact) mass is 275 g/mol. The quantitative estimate of drug-likeness (QED) is 0.680. The molecule has 1 N–H and O–H groups in total. The van der Waals surface area contributed by atoms with Crippen LogP contribution in [0.3, 0.4) is 0 Å². The van der Waals surface area contributed by atoms with Crippen LogP contribution in [0.15, 0.2) is 29.4 Å². The maximum atomic E-state index is 12.0. The molecule has 20 heavy (non-hydrogen) atoms. The molecule has 0 spiro atoms.